The molecule has 0 aliphatic carbocycles. The molecule has 6 nitrogen and oxygen atoms in total. The topological polar surface area (TPSA) is 78.9 Å². The molecule has 0 fully saturated rings. The molecule has 0 aromatic heterocycles. The number of amides is 2. The third-order valence-corrected chi connectivity index (χ3v) is 3.69. The monoisotopic (exact) mass is 338 g/mol. The second-order valence-electron chi connectivity index (χ2n) is 5.50. The summed E-state index contributed by atoms with van der Waals surface area (Å²) in [6.07, 6.45) is 1.23. The fraction of sp³-hybridized carbons (Fsp3) is 0.158. The van der Waals surface area contributed by atoms with Gasteiger partial charge in [0.15, 0.2) is 0 Å². The van der Waals surface area contributed by atoms with Gasteiger partial charge in [-0.3, -0.25) is 14.5 Å². The Morgan fingerprint density at radius 2 is 1.84 bits per heavy atom. The number of carbonyl (C=O) groups is 2. The second-order valence-corrected chi connectivity index (χ2v) is 5.50. The summed E-state index contributed by atoms with van der Waals surface area (Å²) >= 11 is 0. The highest BCUT2D eigenvalue weighted by Crippen LogP contribution is 2.22. The van der Waals surface area contributed by atoms with Gasteiger partial charge in [0.05, 0.1) is 13.2 Å². The second kappa shape index (κ2) is 7.63. The Labute approximate surface area is 145 Å². The number of benzene rings is 2. The SMILES string of the molecule is O=C1C=C(Nc2cccc(OCc3ccccc3)c2)C(=O)N1CCO. The molecule has 128 valence electrons. The van der Waals surface area contributed by atoms with Crippen LogP contribution in [0.4, 0.5) is 5.69 Å². The van der Waals surface area contributed by atoms with E-state index in [1.165, 1.54) is 6.08 Å². The van der Waals surface area contributed by atoms with E-state index in [2.05, 4.69) is 5.32 Å². The molecule has 0 bridgehead atoms. The smallest absolute Gasteiger partial charge is 0.277 e. The molecule has 1 heterocycles. The molecule has 0 saturated carbocycles. The van der Waals surface area contributed by atoms with Crippen molar-refractivity contribution in [3.05, 3.63) is 71.9 Å². The van der Waals surface area contributed by atoms with Gasteiger partial charge in [-0.2, -0.15) is 0 Å². The van der Waals surface area contributed by atoms with E-state index in [1.807, 2.05) is 36.4 Å². The number of ether oxygens (including phenoxy) is 1. The zero-order valence-corrected chi connectivity index (χ0v) is 13.5. The molecule has 0 spiro atoms. The maximum absolute atomic E-state index is 12.1. The molecule has 2 aromatic carbocycles. The summed E-state index contributed by atoms with van der Waals surface area (Å²) in [6, 6.07) is 17.0. The summed E-state index contributed by atoms with van der Waals surface area (Å²) in [4.78, 5) is 24.9. The van der Waals surface area contributed by atoms with Gasteiger partial charge in [0.25, 0.3) is 11.8 Å². The molecule has 0 radical (unpaired) electrons. The number of anilines is 1. The third-order valence-electron chi connectivity index (χ3n) is 3.69. The highest BCUT2D eigenvalue weighted by Gasteiger charge is 2.30. The van der Waals surface area contributed by atoms with Crippen LogP contribution in [0.3, 0.4) is 0 Å². The minimum Gasteiger partial charge on any atom is -0.489 e. The Kier molecular flexibility index (Phi) is 5.11. The minimum absolute atomic E-state index is 0.0143. The van der Waals surface area contributed by atoms with E-state index < -0.39 is 11.8 Å². The van der Waals surface area contributed by atoms with E-state index >= 15 is 0 Å². The third kappa shape index (κ3) is 4.05. The summed E-state index contributed by atoms with van der Waals surface area (Å²) in [7, 11) is 0. The lowest BCUT2D eigenvalue weighted by molar-refractivity contribution is -0.137. The molecule has 2 aromatic rings. The lowest BCUT2D eigenvalue weighted by Gasteiger charge is -2.14. The van der Waals surface area contributed by atoms with Gasteiger partial charge in [0.1, 0.15) is 18.1 Å². The van der Waals surface area contributed by atoms with Crippen LogP contribution < -0.4 is 10.1 Å². The van der Waals surface area contributed by atoms with Crippen molar-refractivity contribution in [3.63, 3.8) is 0 Å². The summed E-state index contributed by atoms with van der Waals surface area (Å²) in [5.74, 6) is -0.230. The summed E-state index contributed by atoms with van der Waals surface area (Å²) in [5.41, 5.74) is 1.88. The number of nitrogens with one attached hydrogen (secondary N) is 1. The average molecular weight is 338 g/mol. The minimum atomic E-state index is -0.449. The molecular weight excluding hydrogens is 320 g/mol. The normalized spacial score (nSPS) is 13.8. The number of imide groups is 1. The molecule has 3 rings (SSSR count). The van der Waals surface area contributed by atoms with Crippen LogP contribution in [-0.4, -0.2) is 35.0 Å². The number of hydrogen-bond acceptors (Lipinski definition) is 5. The molecule has 6 heteroatoms. The van der Waals surface area contributed by atoms with Gasteiger partial charge < -0.3 is 15.2 Å². The molecule has 2 N–H and O–H groups in total. The maximum Gasteiger partial charge on any atom is 0.277 e. The Morgan fingerprint density at radius 1 is 1.04 bits per heavy atom. The highest BCUT2D eigenvalue weighted by atomic mass is 16.5. The zero-order chi connectivity index (χ0) is 17.6. The van der Waals surface area contributed by atoms with Crippen molar-refractivity contribution < 1.29 is 19.4 Å². The van der Waals surface area contributed by atoms with E-state index in [4.69, 9.17) is 9.84 Å². The molecule has 0 atom stereocenters. The largest absolute Gasteiger partial charge is 0.489 e. The fourth-order valence-electron chi connectivity index (χ4n) is 2.47. The van der Waals surface area contributed by atoms with Crippen LogP contribution >= 0.6 is 0 Å². The molecule has 2 amide bonds. The number of hydrogen-bond donors (Lipinski definition) is 2. The highest BCUT2D eigenvalue weighted by molar-refractivity contribution is 6.17. The van der Waals surface area contributed by atoms with Crippen molar-refractivity contribution in [1.29, 1.82) is 0 Å². The van der Waals surface area contributed by atoms with Crippen LogP contribution in [0.5, 0.6) is 5.75 Å². The number of nitrogens with zero attached hydrogens (tertiary/aromatic N) is 1. The zero-order valence-electron chi connectivity index (χ0n) is 13.5. The standard InChI is InChI=1S/C19H18N2O4/c22-10-9-21-18(23)12-17(19(21)24)20-15-7-4-8-16(11-15)25-13-14-5-2-1-3-6-14/h1-8,11-12,20,22H,9-10,13H2. The molecular formula is C19H18N2O4. The summed E-state index contributed by atoms with van der Waals surface area (Å²) < 4.78 is 5.75. The Bertz CT molecular complexity index is 802. The van der Waals surface area contributed by atoms with E-state index in [0.717, 1.165) is 10.5 Å². The van der Waals surface area contributed by atoms with Gasteiger partial charge >= 0.3 is 0 Å². The van der Waals surface area contributed by atoms with Gasteiger partial charge in [-0.1, -0.05) is 36.4 Å². The molecule has 1 aliphatic heterocycles. The number of rotatable bonds is 7. The van der Waals surface area contributed by atoms with Crippen molar-refractivity contribution in [2.75, 3.05) is 18.5 Å². The predicted octanol–water partition coefficient (Wildman–Crippen LogP) is 1.92. The molecule has 1 aliphatic rings. The first kappa shape index (κ1) is 16.7. The van der Waals surface area contributed by atoms with Crippen molar-refractivity contribution in [2.45, 2.75) is 6.61 Å². The molecule has 0 unspecified atom stereocenters. The van der Waals surface area contributed by atoms with Gasteiger partial charge in [-0.05, 0) is 17.7 Å². The van der Waals surface area contributed by atoms with Crippen LogP contribution in [0, 0.1) is 0 Å². The van der Waals surface area contributed by atoms with Crippen molar-refractivity contribution >= 4 is 17.5 Å². The first-order chi connectivity index (χ1) is 12.2. The Morgan fingerprint density at radius 3 is 2.60 bits per heavy atom. The number of aliphatic hydroxyl groups is 1. The van der Waals surface area contributed by atoms with Crippen molar-refractivity contribution in [2.24, 2.45) is 0 Å². The first-order valence-corrected chi connectivity index (χ1v) is 7.89. The number of aliphatic hydroxyl groups excluding tert-OH is 1. The molecule has 25 heavy (non-hydrogen) atoms. The fourth-order valence-corrected chi connectivity index (χ4v) is 2.47. The average Bonchev–Trinajstić information content (AvgIpc) is 2.89. The van der Waals surface area contributed by atoms with Crippen LogP contribution in [0.25, 0.3) is 0 Å². The van der Waals surface area contributed by atoms with Gasteiger partial charge in [0.2, 0.25) is 0 Å². The number of β-amino-alcohol motifs (C(OH)–C–C–N with tert-alkyl or cyclic N) is 1. The Hall–Kier alpha value is -3.12. The maximum atomic E-state index is 12.1. The Balaban J connectivity index is 1.65. The lowest BCUT2D eigenvalue weighted by atomic mass is 10.2. The lowest BCUT2D eigenvalue weighted by Crippen LogP contribution is -2.34. The quantitative estimate of drug-likeness (QED) is 0.754. The van der Waals surface area contributed by atoms with E-state index in [-0.39, 0.29) is 18.8 Å². The van der Waals surface area contributed by atoms with Crippen LogP contribution in [0.1, 0.15) is 5.56 Å². The summed E-state index contributed by atoms with van der Waals surface area (Å²) in [5, 5.41) is 11.9. The van der Waals surface area contributed by atoms with E-state index in [9.17, 15) is 9.59 Å². The summed E-state index contributed by atoms with van der Waals surface area (Å²) in [6.45, 7) is 0.162. The van der Waals surface area contributed by atoms with Crippen LogP contribution in [0.15, 0.2) is 66.4 Å². The van der Waals surface area contributed by atoms with E-state index in [0.29, 0.717) is 18.0 Å². The van der Waals surface area contributed by atoms with Crippen LogP contribution in [0.2, 0.25) is 0 Å². The number of carbonyl (C=O) groups excluding carboxylic acids is 2. The van der Waals surface area contributed by atoms with Crippen molar-refractivity contribution in [1.82, 2.24) is 4.90 Å². The van der Waals surface area contributed by atoms with Gasteiger partial charge in [0, 0.05) is 17.8 Å². The van der Waals surface area contributed by atoms with Gasteiger partial charge in [-0.15, -0.1) is 0 Å². The van der Waals surface area contributed by atoms with Crippen LogP contribution in [-0.2, 0) is 16.2 Å². The van der Waals surface area contributed by atoms with Gasteiger partial charge in [-0.25, -0.2) is 0 Å². The first-order valence-electron chi connectivity index (χ1n) is 7.89. The van der Waals surface area contributed by atoms with E-state index in [1.54, 1.807) is 18.2 Å². The van der Waals surface area contributed by atoms with Crippen molar-refractivity contribution in [3.8, 4) is 5.75 Å². The molecule has 0 saturated heterocycles. The predicted molar refractivity (Wildman–Crippen MR) is 92.7 cm³/mol.